The summed E-state index contributed by atoms with van der Waals surface area (Å²) in [6, 6.07) is -0.518. The van der Waals surface area contributed by atoms with E-state index < -0.39 is 95.8 Å². The minimum Gasteiger partial charge on any atom is -0.459 e. The number of aliphatic hydroxyl groups excluding tert-OH is 3. The third-order valence-electron chi connectivity index (χ3n) is 12.3. The molecule has 0 aliphatic carbocycles. The smallest absolute Gasteiger partial charge is 0.311 e. The van der Waals surface area contributed by atoms with Gasteiger partial charge in [0, 0.05) is 38.1 Å². The molecule has 5 N–H and O–H groups in total. The molecule has 0 saturated carbocycles. The van der Waals surface area contributed by atoms with Crippen LogP contribution in [0.25, 0.3) is 0 Å². The first-order valence-corrected chi connectivity index (χ1v) is 19.1. The number of rotatable bonds is 7. The third kappa shape index (κ3) is 10.0. The van der Waals surface area contributed by atoms with Gasteiger partial charge in [0.05, 0.1) is 47.6 Å². The molecule has 3 rings (SSSR count). The molecule has 0 radical (unpaired) electrons. The zero-order valence-electron chi connectivity index (χ0n) is 34.2. The standard InChI is InChI=1S/C38H72N2O12/c1-15-27-38(10,46)31(42)20(2)19-40(13)21(3)17-36(8,45)33(52-35-29(41)26(39(11)12)16-22(4)48-35)23(5)30(24(6)34(44)50-27)51-28-18-37(9,47-14)32(43)25(7)49-28/h20-33,35,41-43,45-46H,15-19H2,1-14H3/t20-,21+,22+,23-,24+,25-,26-,27+,28-,29+,30-,31+,32+,33+,35-,36+,37+,38+/m0/s1. The van der Waals surface area contributed by atoms with E-state index in [4.69, 9.17) is 28.4 Å². The minimum absolute atomic E-state index is 0.132. The van der Waals surface area contributed by atoms with E-state index in [2.05, 4.69) is 0 Å². The molecule has 0 aromatic heterocycles. The number of aliphatic hydroxyl groups is 5. The van der Waals surface area contributed by atoms with E-state index in [9.17, 15) is 30.3 Å². The van der Waals surface area contributed by atoms with Crippen LogP contribution in [0.1, 0.15) is 94.9 Å². The number of methoxy groups -OCH3 is 1. The van der Waals surface area contributed by atoms with Gasteiger partial charge in [-0.3, -0.25) is 4.79 Å². The van der Waals surface area contributed by atoms with Gasteiger partial charge in [-0.2, -0.15) is 0 Å². The first-order valence-electron chi connectivity index (χ1n) is 19.1. The third-order valence-corrected chi connectivity index (χ3v) is 12.3. The van der Waals surface area contributed by atoms with Crippen LogP contribution in [0.2, 0.25) is 0 Å². The van der Waals surface area contributed by atoms with E-state index in [0.717, 1.165) is 0 Å². The lowest BCUT2D eigenvalue weighted by Gasteiger charge is -2.49. The van der Waals surface area contributed by atoms with E-state index in [0.29, 0.717) is 13.0 Å². The Morgan fingerprint density at radius 1 is 0.942 bits per heavy atom. The van der Waals surface area contributed by atoms with Gasteiger partial charge in [0.2, 0.25) is 0 Å². The number of cyclic esters (lactones) is 1. The van der Waals surface area contributed by atoms with Crippen molar-refractivity contribution < 1.29 is 58.7 Å². The van der Waals surface area contributed by atoms with E-state index in [1.807, 2.05) is 58.6 Å². The maximum absolute atomic E-state index is 14.2. The molecule has 14 nitrogen and oxygen atoms in total. The number of likely N-dealkylation sites (N-methyl/N-ethyl adjacent to an activating group) is 1. The summed E-state index contributed by atoms with van der Waals surface area (Å²) in [6.07, 6.45) is -8.20. The molecule has 3 fully saturated rings. The molecule has 14 heteroatoms. The number of esters is 1. The molecule has 0 bridgehead atoms. The second kappa shape index (κ2) is 17.8. The van der Waals surface area contributed by atoms with Crippen LogP contribution >= 0.6 is 0 Å². The molecule has 0 spiro atoms. The zero-order chi connectivity index (χ0) is 39.7. The number of hydrogen-bond acceptors (Lipinski definition) is 14. The van der Waals surface area contributed by atoms with Crippen molar-refractivity contribution in [1.82, 2.24) is 9.80 Å². The summed E-state index contributed by atoms with van der Waals surface area (Å²) in [4.78, 5) is 18.1. The molecule has 306 valence electrons. The maximum Gasteiger partial charge on any atom is 0.311 e. The summed E-state index contributed by atoms with van der Waals surface area (Å²) >= 11 is 0. The average Bonchev–Trinajstić information content (AvgIpc) is 3.06. The Morgan fingerprint density at radius 2 is 1.56 bits per heavy atom. The van der Waals surface area contributed by atoms with Gasteiger partial charge in [0.1, 0.15) is 23.9 Å². The van der Waals surface area contributed by atoms with E-state index in [1.165, 1.54) is 14.0 Å². The Labute approximate surface area is 312 Å². The number of nitrogens with zero attached hydrogens (tertiary/aromatic N) is 2. The Balaban J connectivity index is 2.18. The number of carbonyl (C=O) groups is 1. The van der Waals surface area contributed by atoms with Crippen molar-refractivity contribution in [3.8, 4) is 0 Å². The highest BCUT2D eigenvalue weighted by molar-refractivity contribution is 5.73. The second-order valence-electron chi connectivity index (χ2n) is 17.1. The van der Waals surface area contributed by atoms with Crippen LogP contribution in [0, 0.1) is 17.8 Å². The van der Waals surface area contributed by atoms with Gasteiger partial charge in [-0.1, -0.05) is 20.8 Å². The largest absolute Gasteiger partial charge is 0.459 e. The van der Waals surface area contributed by atoms with E-state index in [1.54, 1.807) is 34.6 Å². The molecule has 0 amide bonds. The molecular weight excluding hydrogens is 676 g/mol. The van der Waals surface area contributed by atoms with Crippen molar-refractivity contribution in [2.24, 2.45) is 17.8 Å². The molecule has 3 saturated heterocycles. The van der Waals surface area contributed by atoms with Crippen LogP contribution in [-0.4, -0.2) is 166 Å². The van der Waals surface area contributed by atoms with Crippen LogP contribution < -0.4 is 0 Å². The lowest BCUT2D eigenvalue weighted by atomic mass is 9.78. The Morgan fingerprint density at radius 3 is 2.12 bits per heavy atom. The van der Waals surface area contributed by atoms with Crippen molar-refractivity contribution in [3.63, 3.8) is 0 Å². The van der Waals surface area contributed by atoms with Crippen LogP contribution in [0.5, 0.6) is 0 Å². The van der Waals surface area contributed by atoms with Crippen LogP contribution in [0.15, 0.2) is 0 Å². The predicted octanol–water partition coefficient (Wildman–Crippen LogP) is 1.90. The average molecular weight is 749 g/mol. The van der Waals surface area contributed by atoms with Gasteiger partial charge in [0.15, 0.2) is 12.6 Å². The summed E-state index contributed by atoms with van der Waals surface area (Å²) in [7, 11) is 7.17. The molecule has 52 heavy (non-hydrogen) atoms. The first-order chi connectivity index (χ1) is 23.9. The Hall–Kier alpha value is -1.01. The van der Waals surface area contributed by atoms with Crippen molar-refractivity contribution in [2.45, 2.75) is 185 Å². The number of carbonyl (C=O) groups excluding carboxylic acids is 1. The molecule has 3 heterocycles. The lowest BCUT2D eigenvalue weighted by Crippen LogP contribution is -2.60. The Kier molecular flexibility index (Phi) is 15.6. The van der Waals surface area contributed by atoms with Crippen LogP contribution in [0.3, 0.4) is 0 Å². The van der Waals surface area contributed by atoms with Crippen molar-refractivity contribution >= 4 is 5.97 Å². The Bertz CT molecular complexity index is 1140. The summed E-state index contributed by atoms with van der Waals surface area (Å²) in [5.74, 6) is -2.88. The number of hydrogen-bond donors (Lipinski definition) is 5. The topological polar surface area (TPSA) is 180 Å². The summed E-state index contributed by atoms with van der Waals surface area (Å²) < 4.78 is 37.5. The first kappa shape index (κ1) is 45.4. The normalized spacial score (nSPS) is 49.6. The van der Waals surface area contributed by atoms with Crippen molar-refractivity contribution in [3.05, 3.63) is 0 Å². The van der Waals surface area contributed by atoms with Gasteiger partial charge in [0.25, 0.3) is 0 Å². The highest BCUT2D eigenvalue weighted by atomic mass is 16.7. The zero-order valence-corrected chi connectivity index (χ0v) is 34.2. The fourth-order valence-electron chi connectivity index (χ4n) is 8.64. The predicted molar refractivity (Wildman–Crippen MR) is 194 cm³/mol. The van der Waals surface area contributed by atoms with Crippen LogP contribution in [-0.2, 0) is 33.2 Å². The van der Waals surface area contributed by atoms with Gasteiger partial charge >= 0.3 is 5.97 Å². The van der Waals surface area contributed by atoms with Crippen molar-refractivity contribution in [2.75, 3.05) is 34.8 Å². The maximum atomic E-state index is 14.2. The molecule has 0 aromatic rings. The fraction of sp³-hybridized carbons (Fsp3) is 0.974. The van der Waals surface area contributed by atoms with Gasteiger partial charge in [-0.15, -0.1) is 0 Å². The SMILES string of the molecule is CC[C@H]1OC(=O)[C@H](C)[C@@H](O[C@H]2C[C@@](C)(OC)[C@H](O)[C@H](C)O2)[C@H](C)[C@@H](O[C@@H]2O[C@H](C)C[C@H](N(C)C)[C@H]2O)[C@](C)(O)C[C@@H](C)N(C)C[C@H](C)[C@@H](O)[C@]1(C)O. The minimum atomic E-state index is -1.78. The highest BCUT2D eigenvalue weighted by Gasteiger charge is 2.52. The molecule has 3 aliphatic heterocycles. The lowest BCUT2D eigenvalue weighted by molar-refractivity contribution is -0.318. The molecular formula is C38H72N2O12. The summed E-state index contributed by atoms with van der Waals surface area (Å²) in [5.41, 5.74) is -4.38. The highest BCUT2D eigenvalue weighted by Crippen LogP contribution is 2.40. The molecule has 3 aliphatic rings. The van der Waals surface area contributed by atoms with Gasteiger partial charge < -0.3 is 63.8 Å². The quantitative estimate of drug-likeness (QED) is 0.238. The number of ether oxygens (including phenoxy) is 6. The molecule has 0 aromatic carbocycles. The van der Waals surface area contributed by atoms with E-state index >= 15 is 0 Å². The van der Waals surface area contributed by atoms with Gasteiger partial charge in [-0.05, 0) is 94.8 Å². The second-order valence-corrected chi connectivity index (χ2v) is 17.1. The van der Waals surface area contributed by atoms with Crippen molar-refractivity contribution in [1.29, 1.82) is 0 Å². The van der Waals surface area contributed by atoms with Gasteiger partial charge in [-0.25, -0.2) is 0 Å². The summed E-state index contributed by atoms with van der Waals surface area (Å²) in [6.45, 7) is 18.0. The van der Waals surface area contributed by atoms with Crippen LogP contribution in [0.4, 0.5) is 0 Å². The summed E-state index contributed by atoms with van der Waals surface area (Å²) in [5, 5.41) is 58.1. The van der Waals surface area contributed by atoms with E-state index in [-0.39, 0.29) is 37.5 Å². The molecule has 18 atom stereocenters. The monoisotopic (exact) mass is 749 g/mol. The fourth-order valence-corrected chi connectivity index (χ4v) is 8.64. The molecule has 0 unspecified atom stereocenters.